The highest BCUT2D eigenvalue weighted by atomic mass is 14.9. The van der Waals surface area contributed by atoms with Crippen molar-refractivity contribution in [3.63, 3.8) is 0 Å². The molecule has 3 rings (SSSR count). The van der Waals surface area contributed by atoms with Gasteiger partial charge in [-0.15, -0.1) is 0 Å². The zero-order chi connectivity index (χ0) is 14.7. The summed E-state index contributed by atoms with van der Waals surface area (Å²) in [6.45, 7) is 6.00. The van der Waals surface area contributed by atoms with Crippen LogP contribution in [0.5, 0.6) is 0 Å². The minimum Gasteiger partial charge on any atom is -0.313 e. The first-order valence-electron chi connectivity index (χ1n) is 9.04. The van der Waals surface area contributed by atoms with E-state index >= 15 is 0 Å². The fourth-order valence-electron chi connectivity index (χ4n) is 4.50. The molecule has 0 radical (unpaired) electrons. The molecule has 0 bridgehead atoms. The molecule has 1 aromatic rings. The van der Waals surface area contributed by atoms with Crippen LogP contribution in [-0.4, -0.2) is 12.6 Å². The molecule has 1 N–H and O–H groups in total. The molecule has 0 aromatic heterocycles. The summed E-state index contributed by atoms with van der Waals surface area (Å²) in [6.07, 6.45) is 11.0. The van der Waals surface area contributed by atoms with Crippen molar-refractivity contribution in [2.24, 2.45) is 5.41 Å². The SMILES string of the molecule is CCCNC(CC1Cc2ccccc21)C1(C)CCCCC1. The van der Waals surface area contributed by atoms with Crippen LogP contribution in [0.25, 0.3) is 0 Å². The van der Waals surface area contributed by atoms with E-state index in [1.807, 2.05) is 0 Å². The first-order chi connectivity index (χ1) is 10.2. The van der Waals surface area contributed by atoms with Crippen LogP contribution in [0.3, 0.4) is 0 Å². The number of nitrogens with one attached hydrogen (secondary N) is 1. The Hall–Kier alpha value is -0.820. The predicted molar refractivity (Wildman–Crippen MR) is 90.8 cm³/mol. The zero-order valence-electron chi connectivity index (χ0n) is 13.8. The average molecular weight is 285 g/mol. The summed E-state index contributed by atoms with van der Waals surface area (Å²) in [5.74, 6) is 0.800. The van der Waals surface area contributed by atoms with Gasteiger partial charge in [-0.3, -0.25) is 0 Å². The summed E-state index contributed by atoms with van der Waals surface area (Å²) in [5, 5.41) is 3.91. The second-order valence-corrected chi connectivity index (χ2v) is 7.56. The molecule has 0 saturated heterocycles. The highest BCUT2D eigenvalue weighted by Gasteiger charge is 2.38. The van der Waals surface area contributed by atoms with Gasteiger partial charge in [0.15, 0.2) is 0 Å². The Morgan fingerprint density at radius 1 is 1.19 bits per heavy atom. The largest absolute Gasteiger partial charge is 0.313 e. The molecular weight excluding hydrogens is 254 g/mol. The van der Waals surface area contributed by atoms with Gasteiger partial charge in [0.25, 0.3) is 0 Å². The van der Waals surface area contributed by atoms with Crippen molar-refractivity contribution in [2.75, 3.05) is 6.54 Å². The Bertz CT molecular complexity index is 459. The van der Waals surface area contributed by atoms with E-state index in [1.54, 1.807) is 11.1 Å². The second kappa shape index (κ2) is 6.52. The van der Waals surface area contributed by atoms with E-state index in [4.69, 9.17) is 0 Å². The second-order valence-electron chi connectivity index (χ2n) is 7.56. The minimum absolute atomic E-state index is 0.526. The Balaban J connectivity index is 1.68. The lowest BCUT2D eigenvalue weighted by atomic mass is 9.65. The molecule has 0 spiro atoms. The molecule has 0 aliphatic heterocycles. The van der Waals surface area contributed by atoms with E-state index in [1.165, 1.54) is 57.9 Å². The molecule has 2 unspecified atom stereocenters. The normalized spacial score (nSPS) is 25.0. The average Bonchev–Trinajstić information content (AvgIpc) is 2.48. The van der Waals surface area contributed by atoms with Gasteiger partial charge in [0.1, 0.15) is 0 Å². The van der Waals surface area contributed by atoms with E-state index in [0.717, 1.165) is 5.92 Å². The van der Waals surface area contributed by atoms with E-state index in [0.29, 0.717) is 11.5 Å². The summed E-state index contributed by atoms with van der Waals surface area (Å²) < 4.78 is 0. The Morgan fingerprint density at radius 2 is 1.95 bits per heavy atom. The van der Waals surface area contributed by atoms with Gasteiger partial charge < -0.3 is 5.32 Å². The molecule has 1 aromatic carbocycles. The van der Waals surface area contributed by atoms with Gasteiger partial charge in [-0.1, -0.05) is 57.4 Å². The van der Waals surface area contributed by atoms with Gasteiger partial charge >= 0.3 is 0 Å². The van der Waals surface area contributed by atoms with Crippen molar-refractivity contribution in [1.29, 1.82) is 0 Å². The highest BCUT2D eigenvalue weighted by molar-refractivity contribution is 5.40. The summed E-state index contributed by atoms with van der Waals surface area (Å²) >= 11 is 0. The molecule has 1 saturated carbocycles. The number of benzene rings is 1. The summed E-state index contributed by atoms with van der Waals surface area (Å²) in [7, 11) is 0. The molecule has 0 amide bonds. The number of rotatable bonds is 6. The highest BCUT2D eigenvalue weighted by Crippen LogP contribution is 2.45. The molecule has 116 valence electrons. The molecule has 1 nitrogen and oxygen atoms in total. The van der Waals surface area contributed by atoms with Crippen LogP contribution < -0.4 is 5.32 Å². The van der Waals surface area contributed by atoms with Crippen LogP contribution in [0.2, 0.25) is 0 Å². The summed E-state index contributed by atoms with van der Waals surface area (Å²) in [5.41, 5.74) is 3.74. The lowest BCUT2D eigenvalue weighted by Crippen LogP contribution is -2.46. The molecule has 1 heteroatoms. The van der Waals surface area contributed by atoms with Gasteiger partial charge in [-0.2, -0.15) is 0 Å². The first-order valence-corrected chi connectivity index (χ1v) is 9.04. The standard InChI is InChI=1S/C20H31N/c1-3-13-21-19(20(2)11-7-4-8-12-20)15-17-14-16-9-5-6-10-18(16)17/h5-6,9-10,17,19,21H,3-4,7-8,11-15H2,1-2H3. The van der Waals surface area contributed by atoms with Crippen LogP contribution in [0.15, 0.2) is 24.3 Å². The monoisotopic (exact) mass is 285 g/mol. The lowest BCUT2D eigenvalue weighted by molar-refractivity contribution is 0.130. The maximum absolute atomic E-state index is 3.91. The van der Waals surface area contributed by atoms with Crippen LogP contribution in [0.4, 0.5) is 0 Å². The van der Waals surface area contributed by atoms with E-state index in [-0.39, 0.29) is 0 Å². The Morgan fingerprint density at radius 3 is 2.67 bits per heavy atom. The van der Waals surface area contributed by atoms with Gasteiger partial charge in [0.2, 0.25) is 0 Å². The molecule has 2 aliphatic rings. The van der Waals surface area contributed by atoms with Crippen LogP contribution >= 0.6 is 0 Å². The third-order valence-electron chi connectivity index (χ3n) is 5.96. The van der Waals surface area contributed by atoms with Gasteiger partial charge in [0, 0.05) is 6.04 Å². The third-order valence-corrected chi connectivity index (χ3v) is 5.96. The number of hydrogen-bond acceptors (Lipinski definition) is 1. The van der Waals surface area contributed by atoms with Crippen LogP contribution in [-0.2, 0) is 6.42 Å². The molecule has 21 heavy (non-hydrogen) atoms. The van der Waals surface area contributed by atoms with Gasteiger partial charge in [0.05, 0.1) is 0 Å². The fourth-order valence-corrected chi connectivity index (χ4v) is 4.50. The van der Waals surface area contributed by atoms with Crippen molar-refractivity contribution in [2.45, 2.75) is 77.2 Å². The first kappa shape index (κ1) is 15.1. The smallest absolute Gasteiger partial charge is 0.0127 e. The van der Waals surface area contributed by atoms with Gasteiger partial charge in [-0.05, 0) is 61.1 Å². The third kappa shape index (κ3) is 3.18. The van der Waals surface area contributed by atoms with Crippen molar-refractivity contribution in [3.05, 3.63) is 35.4 Å². The quantitative estimate of drug-likeness (QED) is 0.770. The summed E-state index contributed by atoms with van der Waals surface area (Å²) in [4.78, 5) is 0. The Kier molecular flexibility index (Phi) is 4.69. The Labute approximate surface area is 130 Å². The molecular formula is C20H31N. The van der Waals surface area contributed by atoms with Crippen molar-refractivity contribution in [3.8, 4) is 0 Å². The van der Waals surface area contributed by atoms with Crippen molar-refractivity contribution >= 4 is 0 Å². The molecule has 0 heterocycles. The van der Waals surface area contributed by atoms with Crippen LogP contribution in [0, 0.1) is 5.41 Å². The van der Waals surface area contributed by atoms with Crippen LogP contribution in [0.1, 0.15) is 75.8 Å². The number of fused-ring (bicyclic) bond motifs is 1. The zero-order valence-corrected chi connectivity index (χ0v) is 13.8. The maximum Gasteiger partial charge on any atom is 0.0127 e. The lowest BCUT2D eigenvalue weighted by Gasteiger charge is -2.44. The topological polar surface area (TPSA) is 12.0 Å². The molecule has 2 aliphatic carbocycles. The fraction of sp³-hybridized carbons (Fsp3) is 0.700. The minimum atomic E-state index is 0.526. The van der Waals surface area contributed by atoms with E-state index in [9.17, 15) is 0 Å². The van der Waals surface area contributed by atoms with Gasteiger partial charge in [-0.25, -0.2) is 0 Å². The van der Waals surface area contributed by atoms with Crippen molar-refractivity contribution < 1.29 is 0 Å². The predicted octanol–water partition coefficient (Wildman–Crippen LogP) is 5.06. The maximum atomic E-state index is 3.91. The molecule has 1 fully saturated rings. The molecule has 2 atom stereocenters. The van der Waals surface area contributed by atoms with E-state index in [2.05, 4.69) is 43.4 Å². The summed E-state index contributed by atoms with van der Waals surface area (Å²) in [6, 6.07) is 9.76. The number of hydrogen-bond donors (Lipinski definition) is 1. The van der Waals surface area contributed by atoms with E-state index < -0.39 is 0 Å². The van der Waals surface area contributed by atoms with Crippen molar-refractivity contribution in [1.82, 2.24) is 5.32 Å².